The van der Waals surface area contributed by atoms with Crippen molar-refractivity contribution in [1.29, 1.82) is 0 Å². The van der Waals surface area contributed by atoms with Crippen LogP contribution < -0.4 is 9.47 Å². The number of hydrogen-bond donors (Lipinski definition) is 1. The lowest BCUT2D eigenvalue weighted by Gasteiger charge is -2.16. The van der Waals surface area contributed by atoms with E-state index in [2.05, 4.69) is 0 Å². The molecule has 112 valence electrons. The SMILES string of the molecule is COc1cc(C)ccc1OCCCN(C)CCC(=O)O. The lowest BCUT2D eigenvalue weighted by molar-refractivity contribution is -0.137. The third-order valence-electron chi connectivity index (χ3n) is 2.97. The van der Waals surface area contributed by atoms with E-state index in [1.807, 2.05) is 37.1 Å². The van der Waals surface area contributed by atoms with Gasteiger partial charge in [0, 0.05) is 13.1 Å². The van der Waals surface area contributed by atoms with Gasteiger partial charge in [0.2, 0.25) is 0 Å². The molecule has 0 bridgehead atoms. The molecule has 0 aliphatic heterocycles. The summed E-state index contributed by atoms with van der Waals surface area (Å²) in [6.07, 6.45) is 1.01. The summed E-state index contributed by atoms with van der Waals surface area (Å²) >= 11 is 0. The molecule has 1 aromatic carbocycles. The first-order valence-electron chi connectivity index (χ1n) is 6.70. The minimum absolute atomic E-state index is 0.170. The maximum atomic E-state index is 10.5. The van der Waals surface area contributed by atoms with Crippen LogP contribution in [0.25, 0.3) is 0 Å². The minimum atomic E-state index is -0.766. The molecule has 5 nitrogen and oxygen atoms in total. The van der Waals surface area contributed by atoms with Gasteiger partial charge in [0.1, 0.15) is 0 Å². The fourth-order valence-corrected chi connectivity index (χ4v) is 1.81. The highest BCUT2D eigenvalue weighted by Crippen LogP contribution is 2.27. The van der Waals surface area contributed by atoms with E-state index in [0.29, 0.717) is 13.2 Å². The molecule has 1 N–H and O–H groups in total. The van der Waals surface area contributed by atoms with E-state index in [-0.39, 0.29) is 6.42 Å². The Morgan fingerprint density at radius 3 is 2.70 bits per heavy atom. The van der Waals surface area contributed by atoms with E-state index in [4.69, 9.17) is 14.6 Å². The van der Waals surface area contributed by atoms with Gasteiger partial charge in [-0.25, -0.2) is 0 Å². The number of aliphatic carboxylic acids is 1. The van der Waals surface area contributed by atoms with Crippen molar-refractivity contribution in [2.24, 2.45) is 0 Å². The molecule has 0 aromatic heterocycles. The van der Waals surface area contributed by atoms with Crippen LogP contribution in [0.1, 0.15) is 18.4 Å². The quantitative estimate of drug-likeness (QED) is 0.703. The Labute approximate surface area is 120 Å². The Balaban J connectivity index is 2.29. The van der Waals surface area contributed by atoms with E-state index in [0.717, 1.165) is 30.0 Å². The van der Waals surface area contributed by atoms with Crippen molar-refractivity contribution in [2.45, 2.75) is 19.8 Å². The third kappa shape index (κ3) is 5.93. The number of carboxylic acid groups (broad SMARTS) is 1. The van der Waals surface area contributed by atoms with Gasteiger partial charge >= 0.3 is 5.97 Å². The number of carbonyl (C=O) groups is 1. The number of hydrogen-bond acceptors (Lipinski definition) is 4. The van der Waals surface area contributed by atoms with Gasteiger partial charge in [-0.1, -0.05) is 6.07 Å². The highest BCUT2D eigenvalue weighted by atomic mass is 16.5. The van der Waals surface area contributed by atoms with Crippen LogP contribution in [0, 0.1) is 6.92 Å². The molecule has 0 amide bonds. The number of methoxy groups -OCH3 is 1. The molecule has 20 heavy (non-hydrogen) atoms. The number of rotatable bonds is 9. The predicted molar refractivity (Wildman–Crippen MR) is 77.6 cm³/mol. The van der Waals surface area contributed by atoms with Gasteiger partial charge in [-0.2, -0.15) is 0 Å². The van der Waals surface area contributed by atoms with Crippen molar-refractivity contribution in [3.8, 4) is 11.5 Å². The predicted octanol–water partition coefficient (Wildman–Crippen LogP) is 2.18. The highest BCUT2D eigenvalue weighted by Gasteiger charge is 2.05. The van der Waals surface area contributed by atoms with Gasteiger partial charge in [-0.3, -0.25) is 4.79 Å². The molecular formula is C15H23NO4. The van der Waals surface area contributed by atoms with Crippen molar-refractivity contribution >= 4 is 5.97 Å². The molecule has 1 rings (SSSR count). The van der Waals surface area contributed by atoms with Crippen molar-refractivity contribution in [3.05, 3.63) is 23.8 Å². The van der Waals surface area contributed by atoms with Crippen molar-refractivity contribution < 1.29 is 19.4 Å². The molecule has 0 unspecified atom stereocenters. The monoisotopic (exact) mass is 281 g/mol. The van der Waals surface area contributed by atoms with E-state index in [9.17, 15) is 4.79 Å². The van der Waals surface area contributed by atoms with Crippen LogP contribution in [0.5, 0.6) is 11.5 Å². The first kappa shape index (κ1) is 16.3. The Hall–Kier alpha value is -1.75. The summed E-state index contributed by atoms with van der Waals surface area (Å²) in [6, 6.07) is 5.83. The van der Waals surface area contributed by atoms with Gasteiger partial charge in [0.15, 0.2) is 11.5 Å². The molecular weight excluding hydrogens is 258 g/mol. The van der Waals surface area contributed by atoms with Crippen molar-refractivity contribution in [2.75, 3.05) is 33.9 Å². The summed E-state index contributed by atoms with van der Waals surface area (Å²) in [6.45, 7) is 3.95. The smallest absolute Gasteiger partial charge is 0.304 e. The molecule has 1 aromatic rings. The second kappa shape index (κ2) is 8.43. The fourth-order valence-electron chi connectivity index (χ4n) is 1.81. The van der Waals surface area contributed by atoms with Crippen LogP contribution in [0.4, 0.5) is 0 Å². The number of carboxylic acids is 1. The minimum Gasteiger partial charge on any atom is -0.493 e. The van der Waals surface area contributed by atoms with Crippen LogP contribution in [0.15, 0.2) is 18.2 Å². The first-order valence-corrected chi connectivity index (χ1v) is 6.70. The van der Waals surface area contributed by atoms with Gasteiger partial charge in [-0.05, 0) is 38.1 Å². The zero-order chi connectivity index (χ0) is 15.0. The average molecular weight is 281 g/mol. The summed E-state index contributed by atoms with van der Waals surface area (Å²) in [4.78, 5) is 12.4. The van der Waals surface area contributed by atoms with Crippen LogP contribution in [0.2, 0.25) is 0 Å². The van der Waals surface area contributed by atoms with E-state index >= 15 is 0 Å². The van der Waals surface area contributed by atoms with E-state index in [1.165, 1.54) is 0 Å². The second-order valence-electron chi connectivity index (χ2n) is 4.80. The Bertz CT molecular complexity index is 434. The third-order valence-corrected chi connectivity index (χ3v) is 2.97. The lowest BCUT2D eigenvalue weighted by atomic mass is 10.2. The van der Waals surface area contributed by atoms with E-state index < -0.39 is 5.97 Å². The Morgan fingerprint density at radius 2 is 2.05 bits per heavy atom. The van der Waals surface area contributed by atoms with Crippen molar-refractivity contribution in [3.63, 3.8) is 0 Å². The summed E-state index contributed by atoms with van der Waals surface area (Å²) in [5.74, 6) is 0.716. The number of benzene rings is 1. The molecule has 0 aliphatic rings. The van der Waals surface area contributed by atoms with Gasteiger partial charge < -0.3 is 19.5 Å². The maximum absolute atomic E-state index is 10.5. The molecule has 0 fully saturated rings. The molecule has 0 saturated carbocycles. The van der Waals surface area contributed by atoms with Crippen LogP contribution in [0.3, 0.4) is 0 Å². The summed E-state index contributed by atoms with van der Waals surface area (Å²) in [5, 5.41) is 8.60. The zero-order valence-corrected chi connectivity index (χ0v) is 12.4. The largest absolute Gasteiger partial charge is 0.493 e. The normalized spacial score (nSPS) is 10.6. The van der Waals surface area contributed by atoms with Crippen LogP contribution >= 0.6 is 0 Å². The van der Waals surface area contributed by atoms with Crippen molar-refractivity contribution in [1.82, 2.24) is 4.90 Å². The Kier molecular flexibility index (Phi) is 6.87. The molecule has 0 radical (unpaired) electrons. The first-order chi connectivity index (χ1) is 9.52. The second-order valence-corrected chi connectivity index (χ2v) is 4.80. The van der Waals surface area contributed by atoms with Gasteiger partial charge in [0.05, 0.1) is 20.1 Å². The summed E-state index contributed by atoms with van der Waals surface area (Å²) < 4.78 is 11.0. The average Bonchev–Trinajstić information content (AvgIpc) is 2.42. The molecule has 0 aliphatic carbocycles. The Morgan fingerprint density at radius 1 is 1.30 bits per heavy atom. The summed E-state index contributed by atoms with van der Waals surface area (Å²) in [5.41, 5.74) is 1.13. The van der Waals surface area contributed by atoms with Crippen LogP contribution in [-0.2, 0) is 4.79 Å². The van der Waals surface area contributed by atoms with Crippen LogP contribution in [-0.4, -0.2) is 49.8 Å². The zero-order valence-electron chi connectivity index (χ0n) is 12.4. The summed E-state index contributed by atoms with van der Waals surface area (Å²) in [7, 11) is 3.54. The molecule has 0 spiro atoms. The molecule has 0 heterocycles. The molecule has 5 heteroatoms. The van der Waals surface area contributed by atoms with Gasteiger partial charge in [-0.15, -0.1) is 0 Å². The fraction of sp³-hybridized carbons (Fsp3) is 0.533. The number of ether oxygens (including phenoxy) is 2. The number of aryl methyl sites for hydroxylation is 1. The highest BCUT2D eigenvalue weighted by molar-refractivity contribution is 5.66. The topological polar surface area (TPSA) is 59.0 Å². The standard InChI is InChI=1S/C15H23NO4/c1-12-5-6-13(14(11-12)19-3)20-10-4-8-16(2)9-7-15(17)18/h5-6,11H,4,7-10H2,1-3H3,(H,17,18). The number of nitrogens with zero attached hydrogens (tertiary/aromatic N) is 1. The molecule has 0 saturated heterocycles. The lowest BCUT2D eigenvalue weighted by Crippen LogP contribution is -2.24. The van der Waals surface area contributed by atoms with Gasteiger partial charge in [0.25, 0.3) is 0 Å². The molecule has 0 atom stereocenters. The maximum Gasteiger partial charge on any atom is 0.304 e. The van der Waals surface area contributed by atoms with E-state index in [1.54, 1.807) is 7.11 Å².